The molecule has 8 N–H and O–H groups in total. The normalized spacial score (nSPS) is 10.4. The number of nitrogen functional groups attached to an aromatic ring is 2. The van der Waals surface area contributed by atoms with Gasteiger partial charge < -0.3 is 31.9 Å². The van der Waals surface area contributed by atoms with Crippen molar-refractivity contribution >= 4 is 23.3 Å². The molecule has 0 bridgehead atoms. The quantitative estimate of drug-likeness (QED) is 0.361. The number of phenolic OH excluding ortho intramolecular Hbond substituents is 2. The molecule has 2 aromatic carbocycles. The summed E-state index contributed by atoms with van der Waals surface area (Å²) in [5, 5.41) is 38.4. The fraction of sp³-hybridized carbons (Fsp3) is 0.0667. The standard InChI is InChI=1S/C15H14N2O6/c16-8-1-3-10(18)6(12(8)14(20)21)5-7-11(19)4-2-9(17)13(7)15(22)23/h1-4,18-19H,5,16-17H2,(H,20,21)(H,22,23). The highest BCUT2D eigenvalue weighted by Crippen LogP contribution is 2.34. The summed E-state index contributed by atoms with van der Waals surface area (Å²) in [4.78, 5) is 22.7. The number of carboxylic acid groups (broad SMARTS) is 2. The zero-order valence-corrected chi connectivity index (χ0v) is 11.8. The Bertz CT molecular complexity index is 749. The topological polar surface area (TPSA) is 167 Å². The molecule has 8 heteroatoms. The van der Waals surface area contributed by atoms with Crippen LogP contribution in [0.5, 0.6) is 11.5 Å². The Morgan fingerprint density at radius 3 is 1.43 bits per heavy atom. The highest BCUT2D eigenvalue weighted by atomic mass is 16.4. The number of rotatable bonds is 4. The molecule has 0 spiro atoms. The zero-order chi connectivity index (χ0) is 17.3. The number of nitrogens with two attached hydrogens (primary N) is 2. The van der Waals surface area contributed by atoms with E-state index in [9.17, 15) is 30.0 Å². The highest BCUT2D eigenvalue weighted by molar-refractivity contribution is 5.98. The number of hydrogen-bond donors (Lipinski definition) is 6. The Kier molecular flexibility index (Phi) is 4.00. The number of hydrogen-bond acceptors (Lipinski definition) is 6. The van der Waals surface area contributed by atoms with Gasteiger partial charge in [-0.15, -0.1) is 0 Å². The number of anilines is 2. The van der Waals surface area contributed by atoms with Crippen molar-refractivity contribution in [3.8, 4) is 11.5 Å². The Labute approximate surface area is 130 Å². The van der Waals surface area contributed by atoms with Crippen LogP contribution >= 0.6 is 0 Å². The maximum Gasteiger partial charge on any atom is 0.338 e. The monoisotopic (exact) mass is 318 g/mol. The molecule has 0 unspecified atom stereocenters. The van der Waals surface area contributed by atoms with E-state index in [1.165, 1.54) is 24.3 Å². The lowest BCUT2D eigenvalue weighted by Crippen LogP contribution is -2.11. The van der Waals surface area contributed by atoms with Crippen molar-refractivity contribution in [2.24, 2.45) is 0 Å². The molecule has 23 heavy (non-hydrogen) atoms. The Hall–Kier alpha value is -3.42. The van der Waals surface area contributed by atoms with Crippen molar-refractivity contribution in [1.29, 1.82) is 0 Å². The summed E-state index contributed by atoms with van der Waals surface area (Å²) in [6.45, 7) is 0. The molecule has 0 atom stereocenters. The van der Waals surface area contributed by atoms with E-state index in [2.05, 4.69) is 0 Å². The number of aromatic carboxylic acids is 2. The second kappa shape index (κ2) is 5.76. The minimum absolute atomic E-state index is 0.0921. The van der Waals surface area contributed by atoms with Crippen molar-refractivity contribution in [2.75, 3.05) is 11.5 Å². The van der Waals surface area contributed by atoms with Crippen LogP contribution in [0.3, 0.4) is 0 Å². The number of aromatic hydroxyl groups is 2. The molecule has 2 aromatic rings. The largest absolute Gasteiger partial charge is 0.508 e. The lowest BCUT2D eigenvalue weighted by molar-refractivity contribution is 0.0687. The van der Waals surface area contributed by atoms with Gasteiger partial charge in [-0.2, -0.15) is 0 Å². The van der Waals surface area contributed by atoms with Gasteiger partial charge in [0.1, 0.15) is 11.5 Å². The summed E-state index contributed by atoms with van der Waals surface area (Å²) in [7, 11) is 0. The smallest absolute Gasteiger partial charge is 0.338 e. The zero-order valence-electron chi connectivity index (χ0n) is 11.8. The van der Waals surface area contributed by atoms with Gasteiger partial charge in [0.2, 0.25) is 0 Å². The molecule has 0 radical (unpaired) electrons. The minimum atomic E-state index is -1.38. The lowest BCUT2D eigenvalue weighted by atomic mass is 9.93. The molecule has 0 fully saturated rings. The van der Waals surface area contributed by atoms with Gasteiger partial charge in [-0.3, -0.25) is 0 Å². The Morgan fingerprint density at radius 2 is 1.13 bits per heavy atom. The van der Waals surface area contributed by atoms with Crippen LogP contribution in [0, 0.1) is 0 Å². The van der Waals surface area contributed by atoms with E-state index in [4.69, 9.17) is 11.5 Å². The molecule has 0 aliphatic heterocycles. The van der Waals surface area contributed by atoms with Gasteiger partial charge in [-0.05, 0) is 24.3 Å². The first-order valence-electron chi connectivity index (χ1n) is 6.41. The molecule has 0 saturated heterocycles. The summed E-state index contributed by atoms with van der Waals surface area (Å²) >= 11 is 0. The third-order valence-electron chi connectivity index (χ3n) is 3.42. The molecule has 8 nitrogen and oxygen atoms in total. The molecule has 0 aliphatic rings. The predicted molar refractivity (Wildman–Crippen MR) is 81.8 cm³/mol. The van der Waals surface area contributed by atoms with Gasteiger partial charge in [0.25, 0.3) is 0 Å². The maximum atomic E-state index is 11.4. The molecular formula is C15H14N2O6. The summed E-state index contributed by atoms with van der Waals surface area (Å²) in [5.41, 5.74) is 10.1. The highest BCUT2D eigenvalue weighted by Gasteiger charge is 2.23. The first kappa shape index (κ1) is 16.0. The van der Waals surface area contributed by atoms with Crippen LogP contribution in [0.2, 0.25) is 0 Å². The molecule has 0 saturated carbocycles. The molecular weight excluding hydrogens is 304 g/mol. The second-order valence-corrected chi connectivity index (χ2v) is 4.84. The van der Waals surface area contributed by atoms with Crippen molar-refractivity contribution in [2.45, 2.75) is 6.42 Å². The van der Waals surface area contributed by atoms with Gasteiger partial charge in [0.05, 0.1) is 11.1 Å². The van der Waals surface area contributed by atoms with Crippen LogP contribution in [0.4, 0.5) is 11.4 Å². The van der Waals surface area contributed by atoms with Crippen LogP contribution in [-0.4, -0.2) is 32.4 Å². The molecule has 2 rings (SSSR count). The van der Waals surface area contributed by atoms with E-state index in [-0.39, 0.29) is 51.5 Å². The summed E-state index contributed by atoms with van der Waals surface area (Å²) < 4.78 is 0. The van der Waals surface area contributed by atoms with Crippen molar-refractivity contribution < 1.29 is 30.0 Å². The van der Waals surface area contributed by atoms with E-state index >= 15 is 0 Å². The number of carbonyl (C=O) groups is 2. The second-order valence-electron chi connectivity index (χ2n) is 4.84. The number of carboxylic acids is 2. The molecule has 0 aromatic heterocycles. The van der Waals surface area contributed by atoms with E-state index in [1.54, 1.807) is 0 Å². The first-order chi connectivity index (χ1) is 10.7. The van der Waals surface area contributed by atoms with Crippen molar-refractivity contribution in [3.63, 3.8) is 0 Å². The van der Waals surface area contributed by atoms with Gasteiger partial charge in [-0.25, -0.2) is 9.59 Å². The van der Waals surface area contributed by atoms with E-state index < -0.39 is 11.9 Å². The Morgan fingerprint density at radius 1 is 0.783 bits per heavy atom. The summed E-state index contributed by atoms with van der Waals surface area (Å²) in [5.74, 6) is -3.52. The number of phenols is 2. The molecule has 120 valence electrons. The minimum Gasteiger partial charge on any atom is -0.508 e. The van der Waals surface area contributed by atoms with E-state index in [0.717, 1.165) is 0 Å². The number of benzene rings is 2. The average Bonchev–Trinajstić information content (AvgIpc) is 2.45. The fourth-order valence-corrected chi connectivity index (χ4v) is 2.35. The van der Waals surface area contributed by atoms with Gasteiger partial charge >= 0.3 is 11.9 Å². The third-order valence-corrected chi connectivity index (χ3v) is 3.42. The maximum absolute atomic E-state index is 11.4. The summed E-state index contributed by atoms with van der Waals surface area (Å²) in [6.07, 6.45) is -0.364. The Balaban J connectivity index is 2.70. The molecule has 0 heterocycles. The van der Waals surface area contributed by atoms with Gasteiger partial charge in [0.15, 0.2) is 0 Å². The van der Waals surface area contributed by atoms with Crippen LogP contribution in [0.1, 0.15) is 31.8 Å². The van der Waals surface area contributed by atoms with Crippen molar-refractivity contribution in [3.05, 3.63) is 46.5 Å². The van der Waals surface area contributed by atoms with Crippen LogP contribution < -0.4 is 11.5 Å². The van der Waals surface area contributed by atoms with Crippen LogP contribution in [0.25, 0.3) is 0 Å². The van der Waals surface area contributed by atoms with E-state index in [0.29, 0.717) is 0 Å². The lowest BCUT2D eigenvalue weighted by Gasteiger charge is -2.15. The first-order valence-corrected chi connectivity index (χ1v) is 6.41. The van der Waals surface area contributed by atoms with Gasteiger partial charge in [0, 0.05) is 28.9 Å². The van der Waals surface area contributed by atoms with Crippen LogP contribution in [0.15, 0.2) is 24.3 Å². The van der Waals surface area contributed by atoms with Gasteiger partial charge in [-0.1, -0.05) is 0 Å². The third kappa shape index (κ3) is 2.82. The fourth-order valence-electron chi connectivity index (χ4n) is 2.35. The SMILES string of the molecule is Nc1ccc(O)c(Cc2c(O)ccc(N)c2C(=O)O)c1C(=O)O. The average molecular weight is 318 g/mol. The molecule has 0 aliphatic carbocycles. The van der Waals surface area contributed by atoms with Crippen molar-refractivity contribution in [1.82, 2.24) is 0 Å². The predicted octanol–water partition coefficient (Wildman–Crippen LogP) is 1.25. The molecule has 0 amide bonds. The van der Waals surface area contributed by atoms with E-state index in [1.807, 2.05) is 0 Å². The van der Waals surface area contributed by atoms with Crippen LogP contribution in [-0.2, 0) is 6.42 Å². The summed E-state index contributed by atoms with van der Waals surface area (Å²) in [6, 6.07) is 4.83.